The number of unbranched alkanes of at least 4 members (excludes halogenated alkanes) is 1. The summed E-state index contributed by atoms with van der Waals surface area (Å²) in [4.78, 5) is 2.33. The summed E-state index contributed by atoms with van der Waals surface area (Å²) in [6.07, 6.45) is 2.93. The lowest BCUT2D eigenvalue weighted by atomic mass is 10.2. The van der Waals surface area contributed by atoms with Crippen molar-refractivity contribution in [3.05, 3.63) is 0 Å². The number of likely N-dealkylation sites (N-methyl/N-ethyl adjacent to an activating group) is 1. The lowest BCUT2D eigenvalue weighted by Gasteiger charge is -2.30. The molecule has 1 rings (SSSR count). The van der Waals surface area contributed by atoms with Crippen molar-refractivity contribution < 1.29 is 4.74 Å². The molecule has 1 heterocycles. The van der Waals surface area contributed by atoms with E-state index in [1.165, 1.54) is 12.8 Å². The molecule has 1 saturated heterocycles. The van der Waals surface area contributed by atoms with Gasteiger partial charge in [0.1, 0.15) is 0 Å². The monoisotopic (exact) mass is 186 g/mol. The van der Waals surface area contributed by atoms with Gasteiger partial charge >= 0.3 is 0 Å². The van der Waals surface area contributed by atoms with Crippen molar-refractivity contribution in [2.45, 2.75) is 25.9 Å². The van der Waals surface area contributed by atoms with Crippen molar-refractivity contribution in [1.29, 1.82) is 0 Å². The first-order valence-corrected chi connectivity index (χ1v) is 5.33. The maximum atomic E-state index is 5.62. The highest BCUT2D eigenvalue weighted by atomic mass is 16.5. The van der Waals surface area contributed by atoms with Gasteiger partial charge in [-0.25, -0.2) is 0 Å². The molecule has 1 atom stereocenters. The molecule has 78 valence electrons. The van der Waals surface area contributed by atoms with E-state index in [2.05, 4.69) is 24.2 Å². The summed E-state index contributed by atoms with van der Waals surface area (Å²) in [5.74, 6) is 0. The number of nitrogens with zero attached hydrogens (tertiary/aromatic N) is 1. The van der Waals surface area contributed by atoms with E-state index in [9.17, 15) is 0 Å². The molecule has 0 aliphatic carbocycles. The Labute approximate surface area is 81.4 Å². The van der Waals surface area contributed by atoms with Gasteiger partial charge in [0.15, 0.2) is 0 Å². The van der Waals surface area contributed by atoms with Crippen LogP contribution in [-0.2, 0) is 4.74 Å². The number of morpholine rings is 1. The SMILES string of the molecule is CCCCNCC1CN(C)CCO1. The molecule has 0 bridgehead atoms. The van der Waals surface area contributed by atoms with E-state index >= 15 is 0 Å². The largest absolute Gasteiger partial charge is 0.374 e. The Morgan fingerprint density at radius 2 is 2.38 bits per heavy atom. The van der Waals surface area contributed by atoms with Crippen LogP contribution in [0.4, 0.5) is 0 Å². The molecular formula is C10H22N2O. The molecule has 0 saturated carbocycles. The molecule has 3 heteroatoms. The summed E-state index contributed by atoms with van der Waals surface area (Å²) >= 11 is 0. The van der Waals surface area contributed by atoms with Gasteiger partial charge in [-0.05, 0) is 20.0 Å². The molecule has 1 fully saturated rings. The second-order valence-corrected chi connectivity index (χ2v) is 3.81. The Hall–Kier alpha value is -0.120. The van der Waals surface area contributed by atoms with Gasteiger partial charge in [0.25, 0.3) is 0 Å². The molecule has 0 aromatic heterocycles. The zero-order chi connectivity index (χ0) is 9.52. The smallest absolute Gasteiger partial charge is 0.0826 e. The third-order valence-electron chi connectivity index (χ3n) is 2.42. The number of hydrogen-bond donors (Lipinski definition) is 1. The van der Waals surface area contributed by atoms with Crippen molar-refractivity contribution in [2.24, 2.45) is 0 Å². The highest BCUT2D eigenvalue weighted by Crippen LogP contribution is 2.01. The summed E-state index contributed by atoms with van der Waals surface area (Å²) in [7, 11) is 2.15. The molecule has 13 heavy (non-hydrogen) atoms. The first-order chi connectivity index (χ1) is 6.33. The van der Waals surface area contributed by atoms with Crippen LogP contribution in [0.3, 0.4) is 0 Å². The average Bonchev–Trinajstić information content (AvgIpc) is 2.13. The second kappa shape index (κ2) is 6.35. The molecule has 1 unspecified atom stereocenters. The van der Waals surface area contributed by atoms with Crippen molar-refractivity contribution in [3.63, 3.8) is 0 Å². The minimum Gasteiger partial charge on any atom is -0.374 e. The zero-order valence-electron chi connectivity index (χ0n) is 8.88. The predicted octanol–water partition coefficient (Wildman–Crippen LogP) is 0.707. The molecular weight excluding hydrogens is 164 g/mol. The molecule has 0 aromatic rings. The molecule has 0 spiro atoms. The van der Waals surface area contributed by atoms with Crippen LogP contribution in [0.5, 0.6) is 0 Å². The number of rotatable bonds is 5. The molecule has 0 amide bonds. The van der Waals surface area contributed by atoms with E-state index in [0.29, 0.717) is 6.10 Å². The lowest BCUT2D eigenvalue weighted by Crippen LogP contribution is -2.44. The van der Waals surface area contributed by atoms with Gasteiger partial charge in [-0.1, -0.05) is 13.3 Å². The van der Waals surface area contributed by atoms with Gasteiger partial charge in [-0.3, -0.25) is 0 Å². The maximum Gasteiger partial charge on any atom is 0.0826 e. The van der Waals surface area contributed by atoms with Crippen LogP contribution in [0.25, 0.3) is 0 Å². The average molecular weight is 186 g/mol. The van der Waals surface area contributed by atoms with Crippen LogP contribution in [0.2, 0.25) is 0 Å². The fourth-order valence-electron chi connectivity index (χ4n) is 1.56. The van der Waals surface area contributed by atoms with E-state index in [1.54, 1.807) is 0 Å². The van der Waals surface area contributed by atoms with Crippen LogP contribution in [0, 0.1) is 0 Å². The number of nitrogens with one attached hydrogen (secondary N) is 1. The Kier molecular flexibility index (Phi) is 5.35. The standard InChI is InChI=1S/C10H22N2O/c1-3-4-5-11-8-10-9-12(2)6-7-13-10/h10-11H,3-9H2,1-2H3. The summed E-state index contributed by atoms with van der Waals surface area (Å²) in [5.41, 5.74) is 0. The number of ether oxygens (including phenoxy) is 1. The summed E-state index contributed by atoms with van der Waals surface area (Å²) < 4.78 is 5.62. The summed E-state index contributed by atoms with van der Waals surface area (Å²) in [5, 5.41) is 3.42. The van der Waals surface area contributed by atoms with Crippen LogP contribution in [0.15, 0.2) is 0 Å². The second-order valence-electron chi connectivity index (χ2n) is 3.81. The first-order valence-electron chi connectivity index (χ1n) is 5.33. The van der Waals surface area contributed by atoms with Gasteiger partial charge in [0.2, 0.25) is 0 Å². The van der Waals surface area contributed by atoms with Gasteiger partial charge < -0.3 is 15.0 Å². The summed E-state index contributed by atoms with van der Waals surface area (Å²) in [6, 6.07) is 0. The molecule has 1 N–H and O–H groups in total. The van der Waals surface area contributed by atoms with Gasteiger partial charge in [-0.2, -0.15) is 0 Å². The normalized spacial score (nSPS) is 24.9. The maximum absolute atomic E-state index is 5.62. The highest BCUT2D eigenvalue weighted by molar-refractivity contribution is 4.70. The number of hydrogen-bond acceptors (Lipinski definition) is 3. The third kappa shape index (κ3) is 4.60. The van der Waals surface area contributed by atoms with E-state index < -0.39 is 0 Å². The molecule has 3 nitrogen and oxygen atoms in total. The molecule has 1 aliphatic rings. The van der Waals surface area contributed by atoms with E-state index in [-0.39, 0.29) is 0 Å². The van der Waals surface area contributed by atoms with Gasteiger partial charge in [-0.15, -0.1) is 0 Å². The first kappa shape index (κ1) is 11.0. The van der Waals surface area contributed by atoms with Crippen molar-refractivity contribution >= 4 is 0 Å². The Morgan fingerprint density at radius 3 is 3.08 bits per heavy atom. The molecule has 0 aromatic carbocycles. The lowest BCUT2D eigenvalue weighted by molar-refractivity contribution is -0.0180. The third-order valence-corrected chi connectivity index (χ3v) is 2.42. The summed E-state index contributed by atoms with van der Waals surface area (Å²) in [6.45, 7) is 7.37. The van der Waals surface area contributed by atoms with Crippen LogP contribution < -0.4 is 5.32 Å². The van der Waals surface area contributed by atoms with Gasteiger partial charge in [0.05, 0.1) is 12.7 Å². The van der Waals surface area contributed by atoms with Gasteiger partial charge in [0, 0.05) is 19.6 Å². The van der Waals surface area contributed by atoms with E-state index in [0.717, 1.165) is 32.8 Å². The fraction of sp³-hybridized carbons (Fsp3) is 1.00. The quantitative estimate of drug-likeness (QED) is 0.640. The van der Waals surface area contributed by atoms with Crippen LogP contribution in [0.1, 0.15) is 19.8 Å². The topological polar surface area (TPSA) is 24.5 Å². The Balaban J connectivity index is 2.00. The van der Waals surface area contributed by atoms with Crippen molar-refractivity contribution in [2.75, 3.05) is 39.8 Å². The van der Waals surface area contributed by atoms with Crippen LogP contribution >= 0.6 is 0 Å². The minimum absolute atomic E-state index is 0.399. The highest BCUT2D eigenvalue weighted by Gasteiger charge is 2.16. The minimum atomic E-state index is 0.399. The zero-order valence-corrected chi connectivity index (χ0v) is 8.88. The van der Waals surface area contributed by atoms with Crippen LogP contribution in [-0.4, -0.2) is 50.8 Å². The Bertz CT molecular complexity index is 130. The van der Waals surface area contributed by atoms with Crippen molar-refractivity contribution in [3.8, 4) is 0 Å². The molecule has 0 radical (unpaired) electrons. The Morgan fingerprint density at radius 1 is 1.54 bits per heavy atom. The molecule has 1 aliphatic heterocycles. The van der Waals surface area contributed by atoms with E-state index in [4.69, 9.17) is 4.74 Å². The van der Waals surface area contributed by atoms with Crippen molar-refractivity contribution in [1.82, 2.24) is 10.2 Å². The van der Waals surface area contributed by atoms with E-state index in [1.807, 2.05) is 0 Å². The fourth-order valence-corrected chi connectivity index (χ4v) is 1.56. The predicted molar refractivity (Wildman–Crippen MR) is 55.0 cm³/mol.